The fraction of sp³-hybridized carbons (Fsp3) is 0.533. The summed E-state index contributed by atoms with van der Waals surface area (Å²) < 4.78 is 0. The summed E-state index contributed by atoms with van der Waals surface area (Å²) in [6.07, 6.45) is 2.19. The summed E-state index contributed by atoms with van der Waals surface area (Å²) in [5.41, 5.74) is 1.32. The zero-order valence-electron chi connectivity index (χ0n) is 11.2. The molecular weight excluding hydrogens is 222 g/mol. The largest absolute Gasteiger partial charge is 0.371 e. The number of piperidine rings is 1. The highest BCUT2D eigenvalue weighted by Gasteiger charge is 2.18. The van der Waals surface area contributed by atoms with Gasteiger partial charge in [-0.05, 0) is 38.8 Å². The van der Waals surface area contributed by atoms with Crippen LogP contribution in [0, 0.1) is 0 Å². The molecule has 3 heteroatoms. The van der Waals surface area contributed by atoms with E-state index < -0.39 is 0 Å². The van der Waals surface area contributed by atoms with Crippen molar-refractivity contribution in [3.05, 3.63) is 30.3 Å². The van der Waals surface area contributed by atoms with Crippen LogP contribution >= 0.6 is 0 Å². The number of rotatable bonds is 3. The Bertz CT molecular complexity index is 411. The van der Waals surface area contributed by atoms with E-state index in [0.717, 1.165) is 25.9 Å². The van der Waals surface area contributed by atoms with Crippen molar-refractivity contribution in [2.24, 2.45) is 9.98 Å². The monoisotopic (exact) mass is 243 g/mol. The Morgan fingerprint density at radius 1 is 1.17 bits per heavy atom. The molecule has 1 aromatic carbocycles. The molecule has 1 aromatic rings. The first-order valence-electron chi connectivity index (χ1n) is 6.70. The molecule has 0 bridgehead atoms. The van der Waals surface area contributed by atoms with Gasteiger partial charge in [-0.2, -0.15) is 0 Å². The van der Waals surface area contributed by atoms with E-state index in [1.165, 1.54) is 5.69 Å². The van der Waals surface area contributed by atoms with Crippen molar-refractivity contribution < 1.29 is 0 Å². The molecule has 3 nitrogen and oxygen atoms in total. The van der Waals surface area contributed by atoms with Gasteiger partial charge >= 0.3 is 0 Å². The molecule has 0 amide bonds. The summed E-state index contributed by atoms with van der Waals surface area (Å²) in [5.74, 6) is 0. The lowest BCUT2D eigenvalue weighted by molar-refractivity contribution is 0.504. The average Bonchev–Trinajstić information content (AvgIpc) is 2.40. The van der Waals surface area contributed by atoms with Crippen molar-refractivity contribution in [2.45, 2.75) is 38.8 Å². The van der Waals surface area contributed by atoms with Gasteiger partial charge in [-0.15, -0.1) is 0 Å². The van der Waals surface area contributed by atoms with Gasteiger partial charge in [-0.25, -0.2) is 9.98 Å². The maximum atomic E-state index is 4.41. The molecule has 1 aliphatic heterocycles. The van der Waals surface area contributed by atoms with E-state index in [2.05, 4.69) is 51.2 Å². The van der Waals surface area contributed by atoms with E-state index in [1.54, 1.807) is 0 Å². The summed E-state index contributed by atoms with van der Waals surface area (Å²) in [6, 6.07) is 14.1. The predicted octanol–water partition coefficient (Wildman–Crippen LogP) is 3.24. The highest BCUT2D eigenvalue weighted by Crippen LogP contribution is 2.20. The van der Waals surface area contributed by atoms with Crippen LogP contribution in [0.15, 0.2) is 40.3 Å². The molecule has 1 saturated heterocycles. The van der Waals surface area contributed by atoms with Gasteiger partial charge in [0.25, 0.3) is 0 Å². The Kier molecular flexibility index (Phi) is 4.54. The molecule has 18 heavy (non-hydrogen) atoms. The highest BCUT2D eigenvalue weighted by molar-refractivity contribution is 5.46. The van der Waals surface area contributed by atoms with Crippen molar-refractivity contribution in [2.75, 3.05) is 18.0 Å². The number of anilines is 1. The Morgan fingerprint density at radius 3 is 2.44 bits per heavy atom. The molecule has 0 atom stereocenters. The molecular formula is C15H21N3. The SMILES string of the molecule is CC(C)N=C=NC1CCN(c2ccccc2)CC1. The Balaban J connectivity index is 1.87. The van der Waals surface area contributed by atoms with E-state index in [1.807, 2.05) is 13.8 Å². The third-order valence-corrected chi connectivity index (χ3v) is 3.14. The molecule has 0 unspecified atom stereocenters. The van der Waals surface area contributed by atoms with Crippen molar-refractivity contribution in [1.29, 1.82) is 0 Å². The minimum Gasteiger partial charge on any atom is -0.371 e. The predicted molar refractivity (Wildman–Crippen MR) is 76.7 cm³/mol. The zero-order chi connectivity index (χ0) is 12.8. The van der Waals surface area contributed by atoms with E-state index in [0.29, 0.717) is 6.04 Å². The van der Waals surface area contributed by atoms with Gasteiger partial charge < -0.3 is 4.90 Å². The molecule has 0 N–H and O–H groups in total. The van der Waals surface area contributed by atoms with Crippen LogP contribution < -0.4 is 4.90 Å². The van der Waals surface area contributed by atoms with Crippen LogP contribution in [0.4, 0.5) is 5.69 Å². The summed E-state index contributed by atoms with van der Waals surface area (Å²) in [7, 11) is 0. The van der Waals surface area contributed by atoms with Gasteiger partial charge in [-0.3, -0.25) is 0 Å². The normalized spacial score (nSPS) is 16.5. The van der Waals surface area contributed by atoms with Crippen LogP contribution in [-0.2, 0) is 0 Å². The minimum atomic E-state index is 0.290. The first-order chi connectivity index (χ1) is 8.75. The number of benzene rings is 1. The number of para-hydroxylation sites is 1. The first kappa shape index (κ1) is 12.8. The van der Waals surface area contributed by atoms with Crippen LogP contribution in [0.5, 0.6) is 0 Å². The van der Waals surface area contributed by atoms with E-state index in [9.17, 15) is 0 Å². The van der Waals surface area contributed by atoms with Crippen molar-refractivity contribution in [3.8, 4) is 0 Å². The molecule has 2 rings (SSSR count). The lowest BCUT2D eigenvalue weighted by Crippen LogP contribution is -2.35. The molecule has 0 aliphatic carbocycles. The maximum absolute atomic E-state index is 4.41. The number of nitrogens with zero attached hydrogens (tertiary/aromatic N) is 3. The number of aliphatic imine (C=N–C) groups is 2. The van der Waals surface area contributed by atoms with Crippen LogP contribution in [-0.4, -0.2) is 31.2 Å². The lowest BCUT2D eigenvalue weighted by atomic mass is 10.1. The van der Waals surface area contributed by atoms with Gasteiger partial charge in [0.2, 0.25) is 0 Å². The Labute approximate surface area is 109 Å². The molecule has 0 saturated carbocycles. The minimum absolute atomic E-state index is 0.290. The van der Waals surface area contributed by atoms with E-state index in [4.69, 9.17) is 0 Å². The van der Waals surface area contributed by atoms with Crippen LogP contribution in [0.2, 0.25) is 0 Å². The molecule has 1 aliphatic rings. The third kappa shape index (κ3) is 3.71. The quantitative estimate of drug-likeness (QED) is 0.749. The van der Waals surface area contributed by atoms with Gasteiger partial charge in [0.05, 0.1) is 18.1 Å². The topological polar surface area (TPSA) is 28.0 Å². The molecule has 96 valence electrons. The maximum Gasteiger partial charge on any atom is 0.0898 e. The molecule has 0 radical (unpaired) electrons. The van der Waals surface area contributed by atoms with Crippen LogP contribution in [0.1, 0.15) is 26.7 Å². The second-order valence-corrected chi connectivity index (χ2v) is 5.01. The van der Waals surface area contributed by atoms with Gasteiger partial charge in [0.1, 0.15) is 0 Å². The van der Waals surface area contributed by atoms with Gasteiger partial charge in [0, 0.05) is 18.8 Å². The van der Waals surface area contributed by atoms with Crippen molar-refractivity contribution in [3.63, 3.8) is 0 Å². The molecule has 0 aromatic heterocycles. The summed E-state index contributed by atoms with van der Waals surface area (Å²) >= 11 is 0. The summed E-state index contributed by atoms with van der Waals surface area (Å²) in [6.45, 7) is 6.23. The fourth-order valence-corrected chi connectivity index (χ4v) is 2.12. The van der Waals surface area contributed by atoms with Crippen LogP contribution in [0.25, 0.3) is 0 Å². The summed E-state index contributed by atoms with van der Waals surface area (Å²) in [5, 5.41) is 0. The van der Waals surface area contributed by atoms with Crippen molar-refractivity contribution in [1.82, 2.24) is 0 Å². The standard InChI is InChI=1S/C15H21N3/c1-13(2)16-12-17-14-8-10-18(11-9-14)15-6-4-3-5-7-15/h3-7,13-14H,8-11H2,1-2H3. The van der Waals surface area contributed by atoms with Gasteiger partial charge in [-0.1, -0.05) is 18.2 Å². The second kappa shape index (κ2) is 6.36. The molecule has 1 heterocycles. The van der Waals surface area contributed by atoms with Gasteiger partial charge in [0.15, 0.2) is 0 Å². The smallest absolute Gasteiger partial charge is 0.0898 e. The van der Waals surface area contributed by atoms with E-state index >= 15 is 0 Å². The first-order valence-corrected chi connectivity index (χ1v) is 6.70. The fourth-order valence-electron chi connectivity index (χ4n) is 2.12. The molecule has 0 spiro atoms. The Morgan fingerprint density at radius 2 is 1.83 bits per heavy atom. The third-order valence-electron chi connectivity index (χ3n) is 3.14. The number of hydrogen-bond donors (Lipinski definition) is 0. The lowest BCUT2D eigenvalue weighted by Gasteiger charge is -2.31. The highest BCUT2D eigenvalue weighted by atomic mass is 15.1. The number of hydrogen-bond acceptors (Lipinski definition) is 3. The van der Waals surface area contributed by atoms with Crippen LogP contribution in [0.3, 0.4) is 0 Å². The molecule has 1 fully saturated rings. The van der Waals surface area contributed by atoms with Crippen molar-refractivity contribution >= 4 is 11.7 Å². The Hall–Kier alpha value is -1.60. The average molecular weight is 243 g/mol. The zero-order valence-corrected chi connectivity index (χ0v) is 11.2. The summed E-state index contributed by atoms with van der Waals surface area (Å²) in [4.78, 5) is 11.0. The second-order valence-electron chi connectivity index (χ2n) is 5.01. The van der Waals surface area contributed by atoms with E-state index in [-0.39, 0.29) is 6.04 Å².